The minimum atomic E-state index is -0.543. The lowest BCUT2D eigenvalue weighted by Crippen LogP contribution is -2.25. The molecule has 0 N–H and O–H groups in total. The Morgan fingerprint density at radius 3 is 2.72 bits per heavy atom. The first-order chi connectivity index (χ1) is 13.9. The fourth-order valence-electron chi connectivity index (χ4n) is 2.82. The first-order valence-corrected chi connectivity index (χ1v) is 8.77. The Labute approximate surface area is 166 Å². The molecular formula is C20H19FN4O4. The predicted octanol–water partition coefficient (Wildman–Crippen LogP) is 3.21. The lowest BCUT2D eigenvalue weighted by Gasteiger charge is -2.20. The number of ketones is 1. The van der Waals surface area contributed by atoms with Crippen LogP contribution >= 0.6 is 0 Å². The maximum atomic E-state index is 13.6. The van der Waals surface area contributed by atoms with E-state index in [1.54, 1.807) is 41.9 Å². The van der Waals surface area contributed by atoms with E-state index in [9.17, 15) is 19.3 Å². The van der Waals surface area contributed by atoms with Gasteiger partial charge in [0, 0.05) is 38.1 Å². The molecule has 0 unspecified atom stereocenters. The quantitative estimate of drug-likeness (QED) is 0.329. The molecule has 0 amide bonds. The molecule has 1 aromatic heterocycles. The van der Waals surface area contributed by atoms with Crippen LogP contribution in [0.15, 0.2) is 54.9 Å². The molecule has 0 bridgehead atoms. The highest BCUT2D eigenvalue weighted by Crippen LogP contribution is 2.29. The molecule has 0 aliphatic carbocycles. The summed E-state index contributed by atoms with van der Waals surface area (Å²) >= 11 is 0. The van der Waals surface area contributed by atoms with Gasteiger partial charge in [0.05, 0.1) is 11.5 Å². The van der Waals surface area contributed by atoms with Gasteiger partial charge in [-0.3, -0.25) is 14.9 Å². The Bertz CT molecular complexity index is 1050. The van der Waals surface area contributed by atoms with E-state index in [4.69, 9.17) is 4.74 Å². The predicted molar refractivity (Wildman–Crippen MR) is 105 cm³/mol. The van der Waals surface area contributed by atoms with Crippen molar-refractivity contribution in [3.63, 3.8) is 0 Å². The molecule has 0 saturated carbocycles. The molecule has 3 rings (SSSR count). The SMILES string of the molecule is CN(CCOc1ccccc1F)c1ccc(C(=O)c2nccn2C)cc1[N+](=O)[O-]. The number of para-hydroxylation sites is 1. The van der Waals surface area contributed by atoms with Crippen LogP contribution in [-0.4, -0.2) is 40.5 Å². The lowest BCUT2D eigenvalue weighted by atomic mass is 10.1. The molecule has 0 saturated heterocycles. The highest BCUT2D eigenvalue weighted by molar-refractivity contribution is 6.07. The number of ether oxygens (including phenoxy) is 1. The fourth-order valence-corrected chi connectivity index (χ4v) is 2.82. The number of aromatic nitrogens is 2. The minimum absolute atomic E-state index is 0.117. The second-order valence-electron chi connectivity index (χ2n) is 6.35. The minimum Gasteiger partial charge on any atom is -0.489 e. The first-order valence-electron chi connectivity index (χ1n) is 8.77. The Kier molecular flexibility index (Phi) is 5.87. The van der Waals surface area contributed by atoms with Crippen LogP contribution < -0.4 is 9.64 Å². The van der Waals surface area contributed by atoms with E-state index in [2.05, 4.69) is 4.98 Å². The Balaban J connectivity index is 1.76. The number of hydrogen-bond donors (Lipinski definition) is 0. The third-order valence-electron chi connectivity index (χ3n) is 4.39. The molecule has 3 aromatic rings. The van der Waals surface area contributed by atoms with Crippen LogP contribution in [0.2, 0.25) is 0 Å². The van der Waals surface area contributed by atoms with Crippen LogP contribution in [-0.2, 0) is 7.05 Å². The molecule has 0 atom stereocenters. The maximum absolute atomic E-state index is 13.6. The molecule has 150 valence electrons. The van der Waals surface area contributed by atoms with Gasteiger partial charge in [-0.25, -0.2) is 9.37 Å². The van der Waals surface area contributed by atoms with Gasteiger partial charge < -0.3 is 14.2 Å². The number of nitro benzene ring substituents is 1. The van der Waals surface area contributed by atoms with Crippen molar-refractivity contribution in [3.8, 4) is 5.75 Å². The van der Waals surface area contributed by atoms with Crippen molar-refractivity contribution in [3.05, 3.63) is 82.2 Å². The summed E-state index contributed by atoms with van der Waals surface area (Å²) in [6, 6.07) is 10.3. The van der Waals surface area contributed by atoms with E-state index in [0.717, 1.165) is 0 Å². The zero-order valence-corrected chi connectivity index (χ0v) is 15.9. The molecule has 0 radical (unpaired) electrons. The van der Waals surface area contributed by atoms with Crippen LogP contribution in [0.4, 0.5) is 15.8 Å². The number of nitro groups is 1. The summed E-state index contributed by atoms with van der Waals surface area (Å²) in [5.74, 6) is -0.568. The van der Waals surface area contributed by atoms with Crippen LogP contribution in [0.3, 0.4) is 0 Å². The van der Waals surface area contributed by atoms with Crippen LogP contribution in [0, 0.1) is 15.9 Å². The third-order valence-corrected chi connectivity index (χ3v) is 4.39. The molecule has 2 aromatic carbocycles. The number of carbonyl (C=O) groups is 1. The number of imidazole rings is 1. The van der Waals surface area contributed by atoms with Gasteiger partial charge in [0.25, 0.3) is 5.69 Å². The molecule has 9 heteroatoms. The summed E-state index contributed by atoms with van der Waals surface area (Å²) in [4.78, 5) is 29.2. The highest BCUT2D eigenvalue weighted by atomic mass is 19.1. The van der Waals surface area contributed by atoms with Gasteiger partial charge in [0.2, 0.25) is 5.78 Å². The smallest absolute Gasteiger partial charge is 0.293 e. The zero-order chi connectivity index (χ0) is 21.0. The van der Waals surface area contributed by atoms with Gasteiger partial charge in [-0.15, -0.1) is 0 Å². The number of carbonyl (C=O) groups excluding carboxylic acids is 1. The maximum Gasteiger partial charge on any atom is 0.293 e. The largest absolute Gasteiger partial charge is 0.489 e. The molecular weight excluding hydrogens is 379 g/mol. The van der Waals surface area contributed by atoms with Gasteiger partial charge in [0.15, 0.2) is 17.4 Å². The third kappa shape index (κ3) is 4.40. The molecule has 0 spiro atoms. The molecule has 1 heterocycles. The molecule has 0 aliphatic rings. The van der Waals surface area contributed by atoms with Crippen LogP contribution in [0.1, 0.15) is 16.2 Å². The van der Waals surface area contributed by atoms with Gasteiger partial charge in [-0.05, 0) is 24.3 Å². The van der Waals surface area contributed by atoms with Crippen molar-refractivity contribution < 1.29 is 18.8 Å². The number of benzene rings is 2. The second-order valence-corrected chi connectivity index (χ2v) is 6.35. The Morgan fingerprint density at radius 1 is 1.31 bits per heavy atom. The summed E-state index contributed by atoms with van der Waals surface area (Å²) in [6.45, 7) is 0.407. The van der Waals surface area contributed by atoms with Crippen LogP contribution in [0.25, 0.3) is 0 Å². The van der Waals surface area contributed by atoms with E-state index >= 15 is 0 Å². The second kappa shape index (κ2) is 8.51. The number of nitrogens with zero attached hydrogens (tertiary/aromatic N) is 4. The number of rotatable bonds is 8. The van der Waals surface area contributed by atoms with E-state index in [0.29, 0.717) is 5.69 Å². The number of anilines is 1. The Hall–Kier alpha value is -3.75. The van der Waals surface area contributed by atoms with Crippen molar-refractivity contribution in [2.24, 2.45) is 7.05 Å². The van der Waals surface area contributed by atoms with E-state index < -0.39 is 16.5 Å². The average Bonchev–Trinajstić information content (AvgIpc) is 3.14. The molecule has 0 fully saturated rings. The van der Waals surface area contributed by atoms with Gasteiger partial charge in [-0.1, -0.05) is 12.1 Å². The summed E-state index contributed by atoms with van der Waals surface area (Å²) in [7, 11) is 3.33. The van der Waals surface area contributed by atoms with Crippen molar-refractivity contribution in [2.75, 3.05) is 25.1 Å². The number of halogens is 1. The van der Waals surface area contributed by atoms with Gasteiger partial charge >= 0.3 is 0 Å². The number of hydrogen-bond acceptors (Lipinski definition) is 6. The van der Waals surface area contributed by atoms with Crippen LogP contribution in [0.5, 0.6) is 5.75 Å². The van der Waals surface area contributed by atoms with E-state index in [1.807, 2.05) is 0 Å². The average molecular weight is 398 g/mol. The van der Waals surface area contributed by atoms with Crippen molar-refractivity contribution in [1.82, 2.24) is 9.55 Å². The Morgan fingerprint density at radius 2 is 2.07 bits per heavy atom. The monoisotopic (exact) mass is 398 g/mol. The molecule has 8 nitrogen and oxygen atoms in total. The lowest BCUT2D eigenvalue weighted by molar-refractivity contribution is -0.384. The van der Waals surface area contributed by atoms with Crippen molar-refractivity contribution in [2.45, 2.75) is 0 Å². The zero-order valence-electron chi connectivity index (χ0n) is 15.9. The van der Waals surface area contributed by atoms with Crippen molar-refractivity contribution in [1.29, 1.82) is 0 Å². The topological polar surface area (TPSA) is 90.5 Å². The van der Waals surface area contributed by atoms with Gasteiger partial charge in [0.1, 0.15) is 12.3 Å². The summed E-state index contributed by atoms with van der Waals surface area (Å²) in [6.07, 6.45) is 3.11. The first kappa shape index (κ1) is 20.0. The number of likely N-dealkylation sites (N-methyl/N-ethyl adjacent to an activating group) is 1. The van der Waals surface area contributed by atoms with Crippen molar-refractivity contribution >= 4 is 17.2 Å². The molecule has 0 aliphatic heterocycles. The van der Waals surface area contributed by atoms with E-state index in [-0.39, 0.29) is 36.0 Å². The normalized spacial score (nSPS) is 10.6. The van der Waals surface area contributed by atoms with E-state index in [1.165, 1.54) is 36.5 Å². The summed E-state index contributed by atoms with van der Waals surface area (Å²) in [5, 5.41) is 11.6. The standard InChI is InChI=1S/C20H19FN4O4/c1-23(11-12-29-18-6-4-3-5-15(18)21)16-8-7-14(13-17(16)25(27)28)19(26)20-22-9-10-24(20)2/h3-10,13H,11-12H2,1-2H3. The fraction of sp³-hybridized carbons (Fsp3) is 0.200. The summed E-state index contributed by atoms with van der Waals surface area (Å²) < 4.78 is 20.6. The molecule has 29 heavy (non-hydrogen) atoms. The summed E-state index contributed by atoms with van der Waals surface area (Å²) in [5.41, 5.74) is 0.285. The highest BCUT2D eigenvalue weighted by Gasteiger charge is 2.22. The van der Waals surface area contributed by atoms with Gasteiger partial charge in [-0.2, -0.15) is 0 Å². The number of aryl methyl sites for hydroxylation is 1.